The molecule has 0 fully saturated rings. The average Bonchev–Trinajstić information content (AvgIpc) is 1.79. The summed E-state index contributed by atoms with van der Waals surface area (Å²) in [5.74, 6) is 0. The normalized spacial score (nSPS) is 10.8. The third-order valence-electron chi connectivity index (χ3n) is 0.723. The first-order valence-corrected chi connectivity index (χ1v) is 5.44. The van der Waals surface area contributed by atoms with E-state index in [0.717, 1.165) is 0 Å². The minimum Gasteiger partial charge on any atom is -0.334 e. The lowest BCUT2D eigenvalue weighted by Gasteiger charge is -1.97. The zero-order valence-corrected chi connectivity index (χ0v) is 7.48. The van der Waals surface area contributed by atoms with Crippen LogP contribution in [0.5, 0.6) is 0 Å². The van der Waals surface area contributed by atoms with Crippen LogP contribution in [0.3, 0.4) is 0 Å². The molecule has 66 valence electrons. The fourth-order valence-electron chi connectivity index (χ4n) is 0.411. The number of rotatable bonds is 2. The number of nitrogens with zero attached hydrogens (tertiary/aromatic N) is 1. The van der Waals surface area contributed by atoms with Crippen molar-refractivity contribution in [1.82, 2.24) is 5.32 Å². The van der Waals surface area contributed by atoms with Crippen molar-refractivity contribution in [2.24, 2.45) is 10.1 Å². The van der Waals surface area contributed by atoms with E-state index in [1.165, 1.54) is 12.5 Å². The number of nitrogens with two attached hydrogens (primary N) is 1. The number of nitrogens with one attached hydrogen (secondary N) is 1. The summed E-state index contributed by atoms with van der Waals surface area (Å²) in [6, 6.07) is -0.564. The molecule has 2 amide bonds. The molecule has 0 aromatic heterocycles. The lowest BCUT2D eigenvalue weighted by atomic mass is 10.6. The summed E-state index contributed by atoms with van der Waals surface area (Å²) in [6.45, 7) is 0.716. The van der Waals surface area contributed by atoms with E-state index < -0.39 is 15.8 Å². The predicted molar refractivity (Wildman–Crippen MR) is 44.9 cm³/mol. The first-order chi connectivity index (χ1) is 4.95. The van der Waals surface area contributed by atoms with Crippen molar-refractivity contribution in [2.45, 2.75) is 0 Å². The quantitative estimate of drug-likeness (QED) is 0.592. The summed E-state index contributed by atoms with van der Waals surface area (Å²) < 4.78 is 14.3. The van der Waals surface area contributed by atoms with E-state index in [0.29, 0.717) is 13.1 Å². The van der Waals surface area contributed by atoms with Gasteiger partial charge in [-0.1, -0.05) is 0 Å². The Morgan fingerprint density at radius 1 is 1.64 bits per heavy atom. The Labute approximate surface area is 66.5 Å². The van der Waals surface area contributed by atoms with Crippen LogP contribution in [0.2, 0.25) is 0 Å². The van der Waals surface area contributed by atoms with Gasteiger partial charge >= 0.3 is 6.03 Å². The molecule has 0 aliphatic rings. The first kappa shape index (κ1) is 10.4. The zero-order chi connectivity index (χ0) is 8.91. The Morgan fingerprint density at radius 3 is 2.55 bits per heavy atom. The highest BCUT2D eigenvalue weighted by atomic mass is 32.2. The van der Waals surface area contributed by atoms with E-state index in [1.54, 1.807) is 0 Å². The van der Waals surface area contributed by atoms with Gasteiger partial charge in [0.1, 0.15) is 0 Å². The van der Waals surface area contributed by atoms with Crippen molar-refractivity contribution in [2.75, 3.05) is 25.6 Å². The number of urea groups is 1. The van der Waals surface area contributed by atoms with Crippen LogP contribution in [0, 0.1) is 0 Å². The van der Waals surface area contributed by atoms with Crippen LogP contribution >= 0.6 is 0 Å². The Kier molecular flexibility index (Phi) is 4.06. The smallest absolute Gasteiger partial charge is 0.334 e. The third kappa shape index (κ3) is 7.27. The van der Waals surface area contributed by atoms with Gasteiger partial charge in [0.15, 0.2) is 0 Å². The fourth-order valence-corrected chi connectivity index (χ4v) is 0.875. The molecule has 0 heterocycles. The summed E-state index contributed by atoms with van der Waals surface area (Å²) in [4.78, 5) is 10.7. The maximum absolute atomic E-state index is 10.9. The molecule has 0 atom stereocenters. The molecule has 6 heteroatoms. The molecule has 0 rings (SSSR count). The fraction of sp³-hybridized carbons (Fsp3) is 0.800. The Balaban J connectivity index is 3.99. The van der Waals surface area contributed by atoms with Gasteiger partial charge in [-0.3, -0.25) is 0 Å². The Bertz CT molecular complexity index is 234. The van der Waals surface area contributed by atoms with Gasteiger partial charge in [-0.2, -0.15) is 0 Å². The summed E-state index contributed by atoms with van der Waals surface area (Å²) in [6.07, 6.45) is 2.80. The van der Waals surface area contributed by atoms with E-state index in [-0.39, 0.29) is 0 Å². The van der Waals surface area contributed by atoms with Crippen molar-refractivity contribution in [3.05, 3.63) is 0 Å². The molecule has 0 aromatic carbocycles. The van der Waals surface area contributed by atoms with Crippen LogP contribution < -0.4 is 11.1 Å². The lowest BCUT2D eigenvalue weighted by molar-refractivity contribution is 0.250. The van der Waals surface area contributed by atoms with Crippen LogP contribution in [0.1, 0.15) is 0 Å². The predicted octanol–water partition coefficient (Wildman–Crippen LogP) is -0.618. The molecule has 0 aliphatic carbocycles. The van der Waals surface area contributed by atoms with E-state index in [4.69, 9.17) is 5.73 Å². The minimum atomic E-state index is -2.33. The average molecular weight is 179 g/mol. The summed E-state index contributed by atoms with van der Waals surface area (Å²) in [5, 5.41) is 2.38. The van der Waals surface area contributed by atoms with Crippen molar-refractivity contribution >= 4 is 15.8 Å². The number of carbonyl (C=O) groups excluding carboxylic acids is 1. The van der Waals surface area contributed by atoms with Crippen molar-refractivity contribution in [3.63, 3.8) is 0 Å². The molecular formula is C5H13N3O2S. The highest BCUT2D eigenvalue weighted by molar-refractivity contribution is 7.92. The number of amides is 2. The van der Waals surface area contributed by atoms with Crippen molar-refractivity contribution < 1.29 is 9.00 Å². The van der Waals surface area contributed by atoms with Crippen LogP contribution in [0.25, 0.3) is 0 Å². The second-order valence-electron chi connectivity index (χ2n) is 2.29. The molecule has 0 saturated carbocycles. The van der Waals surface area contributed by atoms with Gasteiger partial charge in [-0.05, 0) is 0 Å². The van der Waals surface area contributed by atoms with Gasteiger partial charge < -0.3 is 11.1 Å². The Morgan fingerprint density at radius 2 is 2.18 bits per heavy atom. The van der Waals surface area contributed by atoms with E-state index in [1.807, 2.05) is 0 Å². The van der Waals surface area contributed by atoms with E-state index in [9.17, 15) is 9.00 Å². The number of hydrogen-bond donors (Lipinski definition) is 2. The maximum atomic E-state index is 10.9. The van der Waals surface area contributed by atoms with Gasteiger partial charge in [0.25, 0.3) is 0 Å². The number of carbonyl (C=O) groups is 1. The minimum absolute atomic E-state index is 0.357. The monoisotopic (exact) mass is 179 g/mol. The van der Waals surface area contributed by atoms with Gasteiger partial charge in [-0.25, -0.2) is 9.00 Å². The second kappa shape index (κ2) is 4.30. The second-order valence-corrected chi connectivity index (χ2v) is 4.84. The first-order valence-electron chi connectivity index (χ1n) is 3.11. The van der Waals surface area contributed by atoms with Gasteiger partial charge in [0.05, 0.1) is 9.73 Å². The maximum Gasteiger partial charge on any atom is 0.349 e. The number of hydrogen-bond acceptors (Lipinski definition) is 3. The molecule has 5 nitrogen and oxygen atoms in total. The van der Waals surface area contributed by atoms with Gasteiger partial charge in [0, 0.05) is 25.6 Å². The molecular weight excluding hydrogens is 166 g/mol. The lowest BCUT2D eigenvalue weighted by Crippen LogP contribution is -2.27. The molecule has 0 bridgehead atoms. The van der Waals surface area contributed by atoms with Crippen LogP contribution in [-0.4, -0.2) is 35.8 Å². The summed E-state index contributed by atoms with van der Waals surface area (Å²) in [7, 11) is -2.33. The van der Waals surface area contributed by atoms with Crippen LogP contribution in [-0.2, 0) is 9.73 Å². The summed E-state index contributed by atoms with van der Waals surface area (Å²) in [5.41, 5.74) is 5.11. The van der Waals surface area contributed by atoms with Gasteiger partial charge in [-0.15, -0.1) is 4.36 Å². The highest BCUT2D eigenvalue weighted by Gasteiger charge is 1.97. The zero-order valence-electron chi connectivity index (χ0n) is 6.66. The molecule has 0 aliphatic heterocycles. The van der Waals surface area contributed by atoms with E-state index >= 15 is 0 Å². The van der Waals surface area contributed by atoms with Crippen molar-refractivity contribution in [1.29, 1.82) is 0 Å². The molecule has 0 saturated heterocycles. The molecule has 11 heavy (non-hydrogen) atoms. The third-order valence-corrected chi connectivity index (χ3v) is 1.33. The molecule has 0 unspecified atom stereocenters. The largest absolute Gasteiger partial charge is 0.349 e. The molecule has 0 radical (unpaired) electrons. The Hall–Kier alpha value is -0.620. The summed E-state index contributed by atoms with van der Waals surface area (Å²) >= 11 is 0. The standard InChI is InChI=1S/C5H13N3O2S/c1-11(2,10)8-5(9)7-4-3-6/h3-4,6H2,1-2H3,(H,7,9). The van der Waals surface area contributed by atoms with Crippen LogP contribution in [0.15, 0.2) is 4.36 Å². The van der Waals surface area contributed by atoms with Gasteiger partial charge in [0.2, 0.25) is 0 Å². The molecule has 0 aromatic rings. The van der Waals surface area contributed by atoms with E-state index in [2.05, 4.69) is 9.68 Å². The SMILES string of the molecule is CS(C)(=O)=NC(=O)NCCN. The topological polar surface area (TPSA) is 84.5 Å². The highest BCUT2D eigenvalue weighted by Crippen LogP contribution is 1.83. The molecule has 0 spiro atoms. The molecule has 3 N–H and O–H groups in total. The van der Waals surface area contributed by atoms with Crippen LogP contribution in [0.4, 0.5) is 4.79 Å². The van der Waals surface area contributed by atoms with Crippen molar-refractivity contribution in [3.8, 4) is 0 Å².